The zero-order valence-corrected chi connectivity index (χ0v) is 11.9. The van der Waals surface area contributed by atoms with Crippen molar-refractivity contribution < 1.29 is 25.9 Å². The van der Waals surface area contributed by atoms with Crippen LogP contribution in [0.4, 0.5) is 5.69 Å². The smallest absolute Gasteiger partial charge is 0.296 e. The number of anilines is 1. The van der Waals surface area contributed by atoms with Crippen molar-refractivity contribution in [3.05, 3.63) is 30.3 Å². The van der Waals surface area contributed by atoms with Crippen molar-refractivity contribution in [2.24, 2.45) is 0 Å². The average Bonchev–Trinajstić information content (AvgIpc) is 2.34. The summed E-state index contributed by atoms with van der Waals surface area (Å²) >= 11 is 0. The predicted octanol–water partition coefficient (Wildman–Crippen LogP) is 1.37. The summed E-state index contributed by atoms with van der Waals surface area (Å²) in [4.78, 5) is -0.612. The summed E-state index contributed by atoms with van der Waals surface area (Å²) in [5, 5.41) is 3.41. The molecule has 3 N–H and O–H groups in total. The van der Waals surface area contributed by atoms with Gasteiger partial charge in [-0.1, -0.05) is 6.07 Å². The van der Waals surface area contributed by atoms with E-state index >= 15 is 0 Å². The fourth-order valence-corrected chi connectivity index (χ4v) is 3.05. The Morgan fingerprint density at radius 2 is 1.55 bits per heavy atom. The molecule has 0 fully saturated rings. The summed E-state index contributed by atoms with van der Waals surface area (Å²) in [6.07, 6.45) is 0. The Labute approximate surface area is 115 Å². The molecule has 20 heavy (non-hydrogen) atoms. The number of nitrogens with one attached hydrogen (secondary N) is 1. The summed E-state index contributed by atoms with van der Waals surface area (Å²) in [6, 6.07) is 6.27. The molecule has 0 heterocycles. The standard InChI is InChI=1S/C11H11NO6S2/c1-12-10-5-8-4-9(19(13,14)15)3-2-7(8)6-11(10)20(16,17)18/h2-6,12H,1H3,(H,13,14,15)(H,16,17,18). The highest BCUT2D eigenvalue weighted by atomic mass is 32.2. The summed E-state index contributed by atoms with van der Waals surface area (Å²) in [5.41, 5.74) is 0.118. The lowest BCUT2D eigenvalue weighted by Crippen LogP contribution is -2.04. The fraction of sp³-hybridized carbons (Fsp3) is 0.0909. The molecule has 0 unspecified atom stereocenters. The maximum Gasteiger partial charge on any atom is 0.296 e. The van der Waals surface area contributed by atoms with Crippen molar-refractivity contribution in [2.75, 3.05) is 12.4 Å². The van der Waals surface area contributed by atoms with E-state index < -0.39 is 20.2 Å². The number of hydrogen-bond acceptors (Lipinski definition) is 5. The van der Waals surface area contributed by atoms with E-state index in [9.17, 15) is 16.8 Å². The fourth-order valence-electron chi connectivity index (χ4n) is 1.82. The first-order chi connectivity index (χ1) is 9.13. The molecule has 2 aromatic rings. The van der Waals surface area contributed by atoms with Gasteiger partial charge < -0.3 is 5.32 Å². The zero-order valence-electron chi connectivity index (χ0n) is 10.2. The Morgan fingerprint density at radius 3 is 2.05 bits per heavy atom. The molecule has 108 valence electrons. The SMILES string of the molecule is CNc1cc2cc(S(=O)(=O)O)ccc2cc1S(=O)(=O)O. The minimum atomic E-state index is -4.41. The van der Waals surface area contributed by atoms with Crippen molar-refractivity contribution in [3.8, 4) is 0 Å². The van der Waals surface area contributed by atoms with E-state index in [0.29, 0.717) is 10.8 Å². The van der Waals surface area contributed by atoms with Gasteiger partial charge in [0, 0.05) is 7.05 Å². The maximum absolute atomic E-state index is 11.3. The average molecular weight is 317 g/mol. The molecule has 0 bridgehead atoms. The lowest BCUT2D eigenvalue weighted by molar-refractivity contribution is 0.481. The van der Waals surface area contributed by atoms with Crippen molar-refractivity contribution in [2.45, 2.75) is 9.79 Å². The maximum atomic E-state index is 11.3. The van der Waals surface area contributed by atoms with Crippen LogP contribution >= 0.6 is 0 Å². The van der Waals surface area contributed by atoms with Crippen LogP contribution in [0.1, 0.15) is 0 Å². The second-order valence-corrected chi connectivity index (χ2v) is 6.87. The third-order valence-corrected chi connectivity index (χ3v) is 4.50. The van der Waals surface area contributed by atoms with Crippen LogP contribution in [0.2, 0.25) is 0 Å². The summed E-state index contributed by atoms with van der Waals surface area (Å²) in [7, 11) is -7.29. The van der Waals surface area contributed by atoms with Crippen LogP contribution in [0.3, 0.4) is 0 Å². The van der Waals surface area contributed by atoms with Gasteiger partial charge in [-0.15, -0.1) is 0 Å². The molecule has 0 aliphatic carbocycles. The molecule has 0 saturated heterocycles. The third kappa shape index (κ3) is 2.75. The van der Waals surface area contributed by atoms with Crippen molar-refractivity contribution >= 4 is 36.7 Å². The molecule has 9 heteroatoms. The summed E-state index contributed by atoms with van der Waals surface area (Å²) in [5.74, 6) is 0. The first kappa shape index (κ1) is 14.7. The van der Waals surface area contributed by atoms with Gasteiger partial charge >= 0.3 is 0 Å². The molecule has 0 aromatic heterocycles. The third-order valence-electron chi connectivity index (χ3n) is 2.76. The highest BCUT2D eigenvalue weighted by Crippen LogP contribution is 2.29. The van der Waals surface area contributed by atoms with Crippen LogP contribution < -0.4 is 5.32 Å². The quantitative estimate of drug-likeness (QED) is 0.731. The molecule has 7 nitrogen and oxygen atoms in total. The van der Waals surface area contributed by atoms with Crippen LogP contribution in [0.15, 0.2) is 40.1 Å². The Morgan fingerprint density at radius 1 is 0.900 bits per heavy atom. The van der Waals surface area contributed by atoms with Gasteiger partial charge in [0.2, 0.25) is 0 Å². The molecule has 2 aromatic carbocycles. The van der Waals surface area contributed by atoms with E-state index in [2.05, 4.69) is 5.32 Å². The minimum absolute atomic E-state index is 0.118. The zero-order chi connectivity index (χ0) is 15.1. The molecule has 0 spiro atoms. The Bertz CT molecular complexity index is 887. The van der Waals surface area contributed by atoms with Gasteiger partial charge in [-0.05, 0) is 35.0 Å². The van der Waals surface area contributed by atoms with Gasteiger partial charge in [0.15, 0.2) is 0 Å². The Hall–Kier alpha value is -1.68. The van der Waals surface area contributed by atoms with E-state index in [4.69, 9.17) is 9.11 Å². The van der Waals surface area contributed by atoms with Crippen LogP contribution in [0.5, 0.6) is 0 Å². The largest absolute Gasteiger partial charge is 0.387 e. The molecule has 0 amide bonds. The lowest BCUT2D eigenvalue weighted by atomic mass is 10.1. The van der Waals surface area contributed by atoms with Crippen LogP contribution in [-0.2, 0) is 20.2 Å². The van der Waals surface area contributed by atoms with Crippen molar-refractivity contribution in [1.29, 1.82) is 0 Å². The summed E-state index contributed by atoms with van der Waals surface area (Å²) in [6.45, 7) is 0. The first-order valence-electron chi connectivity index (χ1n) is 5.33. The molecular formula is C11H11NO6S2. The van der Waals surface area contributed by atoms with Gasteiger partial charge in [-0.2, -0.15) is 16.8 Å². The van der Waals surface area contributed by atoms with Gasteiger partial charge in [0.1, 0.15) is 4.90 Å². The van der Waals surface area contributed by atoms with Gasteiger partial charge in [0.05, 0.1) is 10.6 Å². The second-order valence-electron chi connectivity index (χ2n) is 4.06. The molecule has 0 radical (unpaired) electrons. The van der Waals surface area contributed by atoms with Crippen LogP contribution in [0, 0.1) is 0 Å². The van der Waals surface area contributed by atoms with E-state index in [1.165, 1.54) is 31.3 Å². The van der Waals surface area contributed by atoms with E-state index in [-0.39, 0.29) is 15.5 Å². The Kier molecular flexibility index (Phi) is 3.46. The molecule has 0 atom stereocenters. The van der Waals surface area contributed by atoms with E-state index in [1.54, 1.807) is 0 Å². The first-order valence-corrected chi connectivity index (χ1v) is 8.21. The lowest BCUT2D eigenvalue weighted by Gasteiger charge is -2.09. The molecule has 0 aliphatic rings. The van der Waals surface area contributed by atoms with Crippen LogP contribution in [-0.4, -0.2) is 33.0 Å². The molecule has 0 aliphatic heterocycles. The molecule has 0 saturated carbocycles. The second kappa shape index (κ2) is 4.70. The topological polar surface area (TPSA) is 121 Å². The number of rotatable bonds is 3. The Balaban J connectivity index is 2.81. The van der Waals surface area contributed by atoms with Crippen molar-refractivity contribution in [3.63, 3.8) is 0 Å². The van der Waals surface area contributed by atoms with Gasteiger partial charge in [-0.3, -0.25) is 9.11 Å². The summed E-state index contributed by atoms with van der Waals surface area (Å²) < 4.78 is 62.8. The highest BCUT2D eigenvalue weighted by molar-refractivity contribution is 7.86. The predicted molar refractivity (Wildman–Crippen MR) is 73.1 cm³/mol. The number of benzene rings is 2. The van der Waals surface area contributed by atoms with E-state index in [1.807, 2.05) is 0 Å². The van der Waals surface area contributed by atoms with E-state index in [0.717, 1.165) is 6.07 Å². The molecule has 2 rings (SSSR count). The minimum Gasteiger partial charge on any atom is -0.387 e. The normalized spacial score (nSPS) is 12.6. The van der Waals surface area contributed by atoms with Gasteiger partial charge in [0.25, 0.3) is 20.2 Å². The van der Waals surface area contributed by atoms with Crippen LogP contribution in [0.25, 0.3) is 10.8 Å². The monoisotopic (exact) mass is 317 g/mol. The number of hydrogen-bond donors (Lipinski definition) is 3. The molecular weight excluding hydrogens is 306 g/mol. The van der Waals surface area contributed by atoms with Gasteiger partial charge in [-0.25, -0.2) is 0 Å². The van der Waals surface area contributed by atoms with Crippen molar-refractivity contribution in [1.82, 2.24) is 0 Å². The highest BCUT2D eigenvalue weighted by Gasteiger charge is 2.17. The number of fused-ring (bicyclic) bond motifs is 1.